The number of methoxy groups -OCH3 is 1. The minimum absolute atomic E-state index is 0.0473. The highest BCUT2D eigenvalue weighted by atomic mass is 127. The first-order valence-corrected chi connectivity index (χ1v) is 11.0. The molecule has 2 aromatic carbocycles. The number of benzene rings is 2. The maximum atomic E-state index is 13.6. The van der Waals surface area contributed by atoms with Crippen molar-refractivity contribution in [2.24, 2.45) is 0 Å². The van der Waals surface area contributed by atoms with E-state index in [1.54, 1.807) is 26.2 Å². The van der Waals surface area contributed by atoms with Crippen molar-refractivity contribution in [1.29, 1.82) is 5.26 Å². The van der Waals surface area contributed by atoms with E-state index in [2.05, 4.69) is 15.1 Å². The van der Waals surface area contributed by atoms with Gasteiger partial charge >= 0.3 is 3.93 Å². The van der Waals surface area contributed by atoms with Gasteiger partial charge < -0.3 is 9.72 Å². The number of rotatable bonds is 6. The maximum Gasteiger partial charge on any atom is 0.321 e. The van der Waals surface area contributed by atoms with Crippen molar-refractivity contribution in [2.45, 2.75) is 23.3 Å². The van der Waals surface area contributed by atoms with Gasteiger partial charge in [0.25, 0.3) is 5.56 Å². The highest BCUT2D eigenvalue weighted by molar-refractivity contribution is 14.1. The second-order valence-corrected chi connectivity index (χ2v) is 8.80. The number of nitriles is 1. The molecule has 0 saturated carbocycles. The number of halogens is 3. The molecule has 7 nitrogen and oxygen atoms in total. The Labute approximate surface area is 201 Å². The van der Waals surface area contributed by atoms with E-state index in [0.717, 1.165) is 28.2 Å². The number of aromatic nitrogens is 4. The van der Waals surface area contributed by atoms with Gasteiger partial charge in [0.15, 0.2) is 11.3 Å². The lowest BCUT2D eigenvalue weighted by Crippen LogP contribution is -2.15. The zero-order valence-corrected chi connectivity index (χ0v) is 19.8. The minimum Gasteiger partial charge on any atom is -0.497 e. The number of aromatic amines is 1. The summed E-state index contributed by atoms with van der Waals surface area (Å²) >= 11 is 1.08. The fourth-order valence-corrected chi connectivity index (χ4v) is 3.95. The summed E-state index contributed by atoms with van der Waals surface area (Å²) in [7, 11) is 1.57. The minimum atomic E-state index is -2.98. The SMILES string of the molecule is COc1cccc(Cc2nc3c(c(C#N)nn3C(C)c3ccc(C(F)(F)I)cc3)c(=O)[nH]2)c1. The number of H-pyrrole nitrogens is 1. The van der Waals surface area contributed by atoms with Gasteiger partial charge in [-0.1, -0.05) is 36.4 Å². The summed E-state index contributed by atoms with van der Waals surface area (Å²) in [4.78, 5) is 20.1. The quantitative estimate of drug-likeness (QED) is 0.273. The van der Waals surface area contributed by atoms with Crippen LogP contribution in [0.4, 0.5) is 8.78 Å². The van der Waals surface area contributed by atoms with Crippen LogP contribution in [-0.4, -0.2) is 26.9 Å². The van der Waals surface area contributed by atoms with E-state index in [4.69, 9.17) is 4.74 Å². The topological polar surface area (TPSA) is 96.6 Å². The van der Waals surface area contributed by atoms with Crippen molar-refractivity contribution in [2.75, 3.05) is 7.11 Å². The van der Waals surface area contributed by atoms with Gasteiger partial charge in [0, 0.05) is 34.6 Å². The monoisotopic (exact) mass is 561 g/mol. The fraction of sp³-hybridized carbons (Fsp3) is 0.217. The van der Waals surface area contributed by atoms with Crippen LogP contribution < -0.4 is 10.3 Å². The van der Waals surface area contributed by atoms with E-state index < -0.39 is 15.5 Å². The van der Waals surface area contributed by atoms with Gasteiger partial charge in [0.2, 0.25) is 0 Å². The zero-order chi connectivity index (χ0) is 23.8. The molecule has 0 saturated heterocycles. The van der Waals surface area contributed by atoms with Crippen molar-refractivity contribution in [3.8, 4) is 11.8 Å². The van der Waals surface area contributed by atoms with Crippen LogP contribution in [0.1, 0.15) is 41.2 Å². The molecule has 0 fully saturated rings. The van der Waals surface area contributed by atoms with Gasteiger partial charge in [-0.25, -0.2) is 9.67 Å². The molecule has 168 valence electrons. The number of nitrogens with one attached hydrogen (secondary N) is 1. The van der Waals surface area contributed by atoms with E-state index in [-0.39, 0.29) is 22.3 Å². The van der Waals surface area contributed by atoms with E-state index in [1.807, 2.05) is 30.3 Å². The van der Waals surface area contributed by atoms with Crippen LogP contribution in [0.15, 0.2) is 53.3 Å². The molecule has 2 aromatic heterocycles. The predicted molar refractivity (Wildman–Crippen MR) is 127 cm³/mol. The predicted octanol–water partition coefficient (Wildman–Crippen LogP) is 4.68. The molecule has 0 bridgehead atoms. The van der Waals surface area contributed by atoms with Crippen LogP contribution in [0.5, 0.6) is 5.75 Å². The molecular weight excluding hydrogens is 543 g/mol. The average Bonchev–Trinajstić information content (AvgIpc) is 3.17. The second kappa shape index (κ2) is 8.90. The number of alkyl halides is 3. The Bertz CT molecular complexity index is 1420. The third-order valence-corrected chi connectivity index (χ3v) is 5.93. The summed E-state index contributed by atoms with van der Waals surface area (Å²) in [5, 5.41) is 13.9. The third kappa shape index (κ3) is 4.59. The molecule has 0 aliphatic heterocycles. The standard InChI is InChI=1S/C23H18F2IN5O2/c1-13(15-6-8-16(9-7-15)23(24,25)26)31-21-20(18(12-27)30-31)22(32)29-19(28-21)11-14-4-3-5-17(10-14)33-2/h3-10,13H,11H2,1-2H3,(H,28,29,32). The first kappa shape index (κ1) is 22.8. The number of ether oxygens (including phenoxy) is 1. The second-order valence-electron chi connectivity index (χ2n) is 7.44. The summed E-state index contributed by atoms with van der Waals surface area (Å²) in [5.74, 6) is 1.08. The van der Waals surface area contributed by atoms with E-state index in [9.17, 15) is 18.8 Å². The molecule has 1 unspecified atom stereocenters. The molecule has 4 rings (SSSR count). The molecule has 0 aliphatic carbocycles. The molecule has 2 heterocycles. The lowest BCUT2D eigenvalue weighted by molar-refractivity contribution is 0.127. The Morgan fingerprint density at radius 3 is 2.64 bits per heavy atom. The van der Waals surface area contributed by atoms with Crippen molar-refractivity contribution >= 4 is 33.6 Å². The maximum absolute atomic E-state index is 13.6. The lowest BCUT2D eigenvalue weighted by Gasteiger charge is -2.15. The Morgan fingerprint density at radius 1 is 1.27 bits per heavy atom. The fourth-order valence-electron chi connectivity index (χ4n) is 3.59. The summed E-state index contributed by atoms with van der Waals surface area (Å²) < 4.78 is 30.9. The van der Waals surface area contributed by atoms with Crippen LogP contribution >= 0.6 is 22.6 Å². The van der Waals surface area contributed by atoms with Gasteiger partial charge in [0.1, 0.15) is 23.0 Å². The van der Waals surface area contributed by atoms with Crippen LogP contribution in [-0.2, 0) is 10.4 Å². The Balaban J connectivity index is 1.78. The summed E-state index contributed by atoms with van der Waals surface area (Å²) in [6, 6.07) is 14.7. The molecule has 0 spiro atoms. The lowest BCUT2D eigenvalue weighted by atomic mass is 10.1. The van der Waals surface area contributed by atoms with Gasteiger partial charge in [0.05, 0.1) is 13.2 Å². The molecule has 4 aromatic rings. The van der Waals surface area contributed by atoms with Crippen LogP contribution in [0.3, 0.4) is 0 Å². The van der Waals surface area contributed by atoms with Gasteiger partial charge in [-0.3, -0.25) is 4.79 Å². The van der Waals surface area contributed by atoms with Gasteiger partial charge in [-0.15, -0.1) is 0 Å². The molecule has 33 heavy (non-hydrogen) atoms. The number of fused-ring (bicyclic) bond motifs is 1. The first-order valence-electron chi connectivity index (χ1n) is 9.93. The summed E-state index contributed by atoms with van der Waals surface area (Å²) in [6.45, 7) is 1.80. The molecule has 1 N–H and O–H groups in total. The first-order chi connectivity index (χ1) is 15.7. The van der Waals surface area contributed by atoms with Crippen LogP contribution in [0.25, 0.3) is 11.0 Å². The summed E-state index contributed by atoms with van der Waals surface area (Å²) in [6.07, 6.45) is 0.337. The molecule has 1 atom stereocenters. The molecule has 10 heteroatoms. The normalized spacial score (nSPS) is 12.5. The van der Waals surface area contributed by atoms with E-state index >= 15 is 0 Å². The van der Waals surface area contributed by atoms with Crippen molar-refractivity contribution in [3.05, 3.63) is 87.1 Å². The highest BCUT2D eigenvalue weighted by Crippen LogP contribution is 2.35. The van der Waals surface area contributed by atoms with Crippen LogP contribution in [0, 0.1) is 11.3 Å². The third-order valence-electron chi connectivity index (χ3n) is 5.31. The highest BCUT2D eigenvalue weighted by Gasteiger charge is 2.27. The number of hydrogen-bond acceptors (Lipinski definition) is 5. The van der Waals surface area contributed by atoms with Crippen molar-refractivity contribution in [3.63, 3.8) is 0 Å². The largest absolute Gasteiger partial charge is 0.497 e. The van der Waals surface area contributed by atoms with Crippen molar-refractivity contribution < 1.29 is 13.5 Å². The molecule has 0 aliphatic rings. The van der Waals surface area contributed by atoms with Gasteiger partial charge in [-0.2, -0.15) is 19.1 Å². The van der Waals surface area contributed by atoms with Crippen molar-refractivity contribution in [1.82, 2.24) is 19.7 Å². The Morgan fingerprint density at radius 2 is 2.00 bits per heavy atom. The summed E-state index contributed by atoms with van der Waals surface area (Å²) in [5.41, 5.74) is 1.19. The number of hydrogen-bond donors (Lipinski definition) is 1. The van der Waals surface area contributed by atoms with Crippen LogP contribution in [0.2, 0.25) is 0 Å². The molecule has 0 radical (unpaired) electrons. The Kier molecular flexibility index (Phi) is 6.16. The smallest absolute Gasteiger partial charge is 0.321 e. The Hall–Kier alpha value is -3.33. The average molecular weight is 561 g/mol. The number of nitrogens with zero attached hydrogens (tertiary/aromatic N) is 4. The molecular formula is C23H18F2IN5O2. The van der Waals surface area contributed by atoms with E-state index in [1.165, 1.54) is 16.8 Å². The van der Waals surface area contributed by atoms with Gasteiger partial charge in [-0.05, 0) is 30.2 Å². The molecule has 0 amide bonds. The van der Waals surface area contributed by atoms with E-state index in [0.29, 0.717) is 23.6 Å². The zero-order valence-electron chi connectivity index (χ0n) is 17.6.